The Morgan fingerprint density at radius 2 is 1.89 bits per heavy atom. The summed E-state index contributed by atoms with van der Waals surface area (Å²) in [6, 6.07) is 9.86. The Kier molecular flexibility index (Phi) is 7.10. The van der Waals surface area contributed by atoms with Crippen LogP contribution >= 0.6 is 0 Å². The molecule has 0 amide bonds. The van der Waals surface area contributed by atoms with Crippen molar-refractivity contribution in [2.75, 3.05) is 14.2 Å². The summed E-state index contributed by atoms with van der Waals surface area (Å²) in [6.45, 7) is 1.68. The van der Waals surface area contributed by atoms with Crippen LogP contribution < -0.4 is 14.8 Å². The van der Waals surface area contributed by atoms with Crippen LogP contribution in [0.4, 0.5) is 13.2 Å². The number of rotatable bonds is 6. The number of esters is 1. The molecule has 2 aliphatic rings. The molecular formula is C27H26F3NO5. The molecule has 1 N–H and O–H groups in total. The van der Waals surface area contributed by atoms with E-state index in [1.807, 2.05) is 6.08 Å². The van der Waals surface area contributed by atoms with Crippen LogP contribution in [-0.4, -0.2) is 26.0 Å². The molecule has 0 saturated heterocycles. The fourth-order valence-electron chi connectivity index (χ4n) is 4.78. The Bertz CT molecular complexity index is 1250. The van der Waals surface area contributed by atoms with Crippen LogP contribution in [0.5, 0.6) is 11.5 Å². The molecule has 0 radical (unpaired) electrons. The monoisotopic (exact) mass is 501 g/mol. The summed E-state index contributed by atoms with van der Waals surface area (Å²) in [6.07, 6.45) is -1.54. The Labute approximate surface area is 206 Å². The second kappa shape index (κ2) is 10.1. The van der Waals surface area contributed by atoms with E-state index in [2.05, 4.69) is 5.32 Å². The van der Waals surface area contributed by atoms with Gasteiger partial charge in [-0.2, -0.15) is 13.2 Å². The van der Waals surface area contributed by atoms with Crippen LogP contribution in [0.3, 0.4) is 0 Å². The zero-order chi connectivity index (χ0) is 26.0. The summed E-state index contributed by atoms with van der Waals surface area (Å²) in [5.74, 6) is -1.20. The van der Waals surface area contributed by atoms with Crippen molar-refractivity contribution in [3.8, 4) is 11.5 Å². The molecule has 0 saturated carbocycles. The predicted molar refractivity (Wildman–Crippen MR) is 125 cm³/mol. The summed E-state index contributed by atoms with van der Waals surface area (Å²) < 4.78 is 55.4. The highest BCUT2D eigenvalue weighted by molar-refractivity contribution is 5.96. The number of halogens is 3. The van der Waals surface area contributed by atoms with Gasteiger partial charge in [0.25, 0.3) is 0 Å². The molecule has 190 valence electrons. The van der Waals surface area contributed by atoms with Crippen molar-refractivity contribution < 1.29 is 37.0 Å². The smallest absolute Gasteiger partial charge is 0.416 e. The second-order valence-corrected chi connectivity index (χ2v) is 8.66. The normalized spacial score (nSPS) is 19.7. The SMILES string of the molecule is COC(=O)C1=C(C)NC2=CCCC(=O)C2C1c1ccc(OC)c(COc2cccc(C(F)(F)F)c2)c1. The van der Waals surface area contributed by atoms with Gasteiger partial charge < -0.3 is 19.5 Å². The van der Waals surface area contributed by atoms with Crippen LogP contribution in [0, 0.1) is 5.92 Å². The van der Waals surface area contributed by atoms with Crippen molar-refractivity contribution in [3.05, 3.63) is 82.2 Å². The van der Waals surface area contributed by atoms with Gasteiger partial charge in [-0.3, -0.25) is 4.79 Å². The lowest BCUT2D eigenvalue weighted by Gasteiger charge is -2.38. The number of benzene rings is 2. The van der Waals surface area contributed by atoms with E-state index in [1.165, 1.54) is 26.4 Å². The van der Waals surface area contributed by atoms with Crippen molar-refractivity contribution >= 4 is 11.8 Å². The second-order valence-electron chi connectivity index (χ2n) is 8.66. The van der Waals surface area contributed by atoms with E-state index in [1.54, 1.807) is 25.1 Å². The van der Waals surface area contributed by atoms with Crippen LogP contribution in [0.2, 0.25) is 0 Å². The van der Waals surface area contributed by atoms with E-state index in [0.717, 1.165) is 17.8 Å². The number of ether oxygens (including phenoxy) is 3. The Hall–Kier alpha value is -3.75. The van der Waals surface area contributed by atoms with E-state index in [-0.39, 0.29) is 18.1 Å². The number of carbonyl (C=O) groups is 2. The number of hydrogen-bond donors (Lipinski definition) is 1. The average Bonchev–Trinajstić information content (AvgIpc) is 2.86. The lowest BCUT2D eigenvalue weighted by molar-refractivity contribution is -0.138. The van der Waals surface area contributed by atoms with Gasteiger partial charge in [0, 0.05) is 29.3 Å². The number of Topliss-reactive ketones (excluding diaryl/α,β-unsaturated/α-hetero) is 1. The molecule has 9 heteroatoms. The Morgan fingerprint density at radius 3 is 2.58 bits per heavy atom. The molecule has 4 rings (SSSR count). The Morgan fingerprint density at radius 1 is 1.11 bits per heavy atom. The van der Waals surface area contributed by atoms with Gasteiger partial charge in [0.1, 0.15) is 23.9 Å². The van der Waals surface area contributed by atoms with Crippen molar-refractivity contribution in [1.82, 2.24) is 5.32 Å². The van der Waals surface area contributed by atoms with Crippen LogP contribution in [0.25, 0.3) is 0 Å². The van der Waals surface area contributed by atoms with E-state index in [9.17, 15) is 22.8 Å². The first kappa shape index (κ1) is 25.3. The minimum absolute atomic E-state index is 0.0106. The number of fused-ring (bicyclic) bond motifs is 1. The van der Waals surface area contributed by atoms with Gasteiger partial charge in [-0.25, -0.2) is 4.79 Å². The molecular weight excluding hydrogens is 475 g/mol. The van der Waals surface area contributed by atoms with Crippen molar-refractivity contribution in [3.63, 3.8) is 0 Å². The fourth-order valence-corrected chi connectivity index (χ4v) is 4.78. The predicted octanol–water partition coefficient (Wildman–Crippen LogP) is 5.29. The van der Waals surface area contributed by atoms with Crippen molar-refractivity contribution in [2.24, 2.45) is 5.92 Å². The number of nitrogens with one attached hydrogen (secondary N) is 1. The minimum Gasteiger partial charge on any atom is -0.496 e. The highest BCUT2D eigenvalue weighted by Crippen LogP contribution is 2.44. The molecule has 0 aromatic heterocycles. The summed E-state index contributed by atoms with van der Waals surface area (Å²) in [7, 11) is 2.76. The van der Waals surface area contributed by atoms with Crippen molar-refractivity contribution in [2.45, 2.75) is 38.5 Å². The molecule has 6 nitrogen and oxygen atoms in total. The van der Waals surface area contributed by atoms with Crippen molar-refractivity contribution in [1.29, 1.82) is 0 Å². The van der Waals surface area contributed by atoms with E-state index >= 15 is 0 Å². The first-order valence-corrected chi connectivity index (χ1v) is 11.4. The molecule has 2 atom stereocenters. The highest BCUT2D eigenvalue weighted by Gasteiger charge is 2.43. The number of methoxy groups -OCH3 is 2. The van der Waals surface area contributed by atoms with E-state index < -0.39 is 29.5 Å². The van der Waals surface area contributed by atoms with Gasteiger partial charge in [-0.05, 0) is 49.2 Å². The fraction of sp³-hybridized carbons (Fsp3) is 0.333. The number of carbonyl (C=O) groups excluding carboxylic acids is 2. The minimum atomic E-state index is -4.49. The quantitative estimate of drug-likeness (QED) is 0.543. The van der Waals surface area contributed by atoms with Crippen LogP contribution in [0.1, 0.15) is 42.4 Å². The topological polar surface area (TPSA) is 73.9 Å². The summed E-state index contributed by atoms with van der Waals surface area (Å²) in [4.78, 5) is 25.8. The molecule has 1 heterocycles. The number of allylic oxidation sites excluding steroid dienone is 3. The molecule has 0 bridgehead atoms. The van der Waals surface area contributed by atoms with Gasteiger partial charge >= 0.3 is 12.1 Å². The van der Waals surface area contributed by atoms with E-state index in [4.69, 9.17) is 14.2 Å². The first-order valence-electron chi connectivity index (χ1n) is 11.4. The standard InChI is InChI=1S/C27H26F3NO5/c1-15-23(26(33)35-3)24(25-20(31-15)8-5-9-21(25)32)16-10-11-22(34-2)17(12-16)14-36-19-7-4-6-18(13-19)27(28,29)30/h4,6-8,10-13,24-25,31H,5,9,14H2,1-3H3. The highest BCUT2D eigenvalue weighted by atomic mass is 19.4. The summed E-state index contributed by atoms with van der Waals surface area (Å²) in [5, 5.41) is 3.19. The molecule has 2 aromatic carbocycles. The summed E-state index contributed by atoms with van der Waals surface area (Å²) in [5.41, 5.74) is 2.12. The third kappa shape index (κ3) is 4.96. The molecule has 1 aliphatic carbocycles. The van der Waals surface area contributed by atoms with Gasteiger partial charge in [-0.1, -0.05) is 18.2 Å². The maximum Gasteiger partial charge on any atom is 0.416 e. The van der Waals surface area contributed by atoms with Gasteiger partial charge in [-0.15, -0.1) is 0 Å². The summed E-state index contributed by atoms with van der Waals surface area (Å²) >= 11 is 0. The zero-order valence-electron chi connectivity index (χ0n) is 20.1. The average molecular weight is 502 g/mol. The maximum atomic E-state index is 13.1. The first-order chi connectivity index (χ1) is 17.1. The molecule has 0 spiro atoms. The molecule has 1 aliphatic heterocycles. The van der Waals surface area contributed by atoms with Gasteiger partial charge in [0.2, 0.25) is 0 Å². The molecule has 0 fully saturated rings. The molecule has 2 unspecified atom stereocenters. The van der Waals surface area contributed by atoms with Crippen LogP contribution in [-0.2, 0) is 27.1 Å². The maximum absolute atomic E-state index is 13.1. The third-order valence-electron chi connectivity index (χ3n) is 6.44. The third-order valence-corrected chi connectivity index (χ3v) is 6.44. The van der Waals surface area contributed by atoms with Crippen LogP contribution in [0.15, 0.2) is 65.5 Å². The number of alkyl halides is 3. The molecule has 2 aromatic rings. The van der Waals surface area contributed by atoms with E-state index in [0.29, 0.717) is 41.0 Å². The molecule has 36 heavy (non-hydrogen) atoms. The zero-order valence-corrected chi connectivity index (χ0v) is 20.1. The number of hydrogen-bond acceptors (Lipinski definition) is 6. The Balaban J connectivity index is 1.72. The van der Waals surface area contributed by atoms with Gasteiger partial charge in [0.15, 0.2) is 0 Å². The largest absolute Gasteiger partial charge is 0.496 e. The lowest BCUT2D eigenvalue weighted by atomic mass is 9.71. The number of ketones is 1. The lowest BCUT2D eigenvalue weighted by Crippen LogP contribution is -2.40. The van der Waals surface area contributed by atoms with Gasteiger partial charge in [0.05, 0.1) is 31.3 Å².